The van der Waals surface area contributed by atoms with E-state index in [4.69, 9.17) is 63.2 Å². The molecule has 3 heterocycles. The van der Waals surface area contributed by atoms with Crippen LogP contribution in [0, 0.1) is 0 Å². The predicted octanol–water partition coefficient (Wildman–Crippen LogP) is 5.75. The van der Waals surface area contributed by atoms with Gasteiger partial charge in [-0.3, -0.25) is 0 Å². The maximum absolute atomic E-state index is 6.99. The molecule has 3 aromatic rings. The highest BCUT2D eigenvalue weighted by Crippen LogP contribution is 2.50. The van der Waals surface area contributed by atoms with Crippen LogP contribution >= 0.6 is 34.8 Å². The van der Waals surface area contributed by atoms with Crippen molar-refractivity contribution in [3.63, 3.8) is 0 Å². The third-order valence-corrected chi connectivity index (χ3v) is 7.69. The molecule has 3 aromatic carbocycles. The Morgan fingerprint density at radius 3 is 1.19 bits per heavy atom. The highest BCUT2D eigenvalue weighted by atomic mass is 35.5. The fraction of sp³-hybridized carbons (Fsp3) is 0.333. The van der Waals surface area contributed by atoms with Gasteiger partial charge in [0.15, 0.2) is 0 Å². The monoisotopic (exact) mass is 548 g/mol. The van der Waals surface area contributed by atoms with Gasteiger partial charge in [-0.25, -0.2) is 0 Å². The molecule has 0 radical (unpaired) electrons. The standard InChI is InChI=1S/C27H23Cl3O6/c28-25(18-10-4-1-5-11-18)31-16-21-23-24(36-27(30,35-23)20-14-8-3-9-15-20)22(17-32-25)34-26(29,33-21)19-12-6-2-7-13-19/h1-15,21-24H,16-17H2/t21-,22+,23-,24-,25?,26?,27?/m0/s1. The number of ether oxygens (including phenoxy) is 6. The fourth-order valence-electron chi connectivity index (χ4n) is 4.67. The highest BCUT2D eigenvalue weighted by molar-refractivity contribution is 6.22. The van der Waals surface area contributed by atoms with Crippen LogP contribution in [0.2, 0.25) is 0 Å². The first-order valence-corrected chi connectivity index (χ1v) is 12.7. The molecule has 188 valence electrons. The normalized spacial score (nSPS) is 38.4. The third-order valence-electron chi connectivity index (χ3n) is 6.46. The summed E-state index contributed by atoms with van der Waals surface area (Å²) >= 11 is 20.7. The molecule has 36 heavy (non-hydrogen) atoms. The molecular weight excluding hydrogens is 527 g/mol. The zero-order valence-electron chi connectivity index (χ0n) is 19.0. The molecule has 6 nitrogen and oxygen atoms in total. The lowest BCUT2D eigenvalue weighted by Crippen LogP contribution is -2.43. The van der Waals surface area contributed by atoms with Crippen LogP contribution in [0.25, 0.3) is 0 Å². The zero-order valence-corrected chi connectivity index (χ0v) is 21.2. The Morgan fingerprint density at radius 2 is 0.806 bits per heavy atom. The van der Waals surface area contributed by atoms with Crippen LogP contribution in [-0.4, -0.2) is 37.6 Å². The van der Waals surface area contributed by atoms with Crippen molar-refractivity contribution in [2.24, 2.45) is 0 Å². The molecule has 2 bridgehead atoms. The van der Waals surface area contributed by atoms with E-state index >= 15 is 0 Å². The number of hydrogen-bond acceptors (Lipinski definition) is 6. The molecular formula is C27H23Cl3O6. The highest BCUT2D eigenvalue weighted by Gasteiger charge is 2.60. The summed E-state index contributed by atoms with van der Waals surface area (Å²) < 4.78 is 37.8. The fourth-order valence-corrected chi connectivity index (χ4v) is 5.61. The molecule has 3 saturated heterocycles. The van der Waals surface area contributed by atoms with Gasteiger partial charge in [0.1, 0.15) is 24.4 Å². The summed E-state index contributed by atoms with van der Waals surface area (Å²) in [6, 6.07) is 27.8. The molecule has 0 saturated carbocycles. The van der Waals surface area contributed by atoms with E-state index in [1.54, 1.807) is 0 Å². The van der Waals surface area contributed by atoms with Crippen molar-refractivity contribution >= 4 is 34.8 Å². The van der Waals surface area contributed by atoms with Gasteiger partial charge in [0.25, 0.3) is 15.7 Å². The third kappa shape index (κ3) is 4.45. The molecule has 0 spiro atoms. The lowest BCUT2D eigenvalue weighted by Gasteiger charge is -2.37. The largest absolute Gasteiger partial charge is 0.331 e. The van der Waals surface area contributed by atoms with E-state index in [-0.39, 0.29) is 13.2 Å². The summed E-state index contributed by atoms with van der Waals surface area (Å²) in [5.74, 6) is 0. The van der Waals surface area contributed by atoms with Crippen molar-refractivity contribution in [3.8, 4) is 0 Å². The van der Waals surface area contributed by atoms with E-state index in [1.807, 2.05) is 91.0 Å². The Balaban J connectivity index is 1.39. The Bertz CT molecular complexity index is 1120. The summed E-state index contributed by atoms with van der Waals surface area (Å²) in [5, 5.41) is -4.75. The Kier molecular flexibility index (Phi) is 6.53. The minimum Gasteiger partial charge on any atom is -0.331 e. The van der Waals surface area contributed by atoms with Gasteiger partial charge < -0.3 is 28.4 Å². The molecule has 0 aromatic heterocycles. The van der Waals surface area contributed by atoms with Gasteiger partial charge in [0, 0.05) is 16.7 Å². The zero-order chi connectivity index (χ0) is 24.8. The quantitative estimate of drug-likeness (QED) is 0.388. The first-order chi connectivity index (χ1) is 17.4. The maximum Gasteiger partial charge on any atom is 0.277 e. The van der Waals surface area contributed by atoms with E-state index in [1.165, 1.54) is 0 Å². The molecule has 9 heteroatoms. The van der Waals surface area contributed by atoms with Gasteiger partial charge >= 0.3 is 0 Å². The van der Waals surface area contributed by atoms with E-state index in [2.05, 4.69) is 0 Å². The van der Waals surface area contributed by atoms with Crippen LogP contribution in [0.4, 0.5) is 0 Å². The second-order valence-corrected chi connectivity index (χ2v) is 10.3. The van der Waals surface area contributed by atoms with Crippen molar-refractivity contribution in [3.05, 3.63) is 108 Å². The lowest BCUT2D eigenvalue weighted by molar-refractivity contribution is -0.298. The number of benzene rings is 3. The SMILES string of the molecule is ClC1(c2ccccc2)OC[C@@H]2OC(Cl)(c3ccccc3)O[C@H](CO1)[C@@H]1OC(Cl)(c3ccccc3)O[C@H]12. The molecule has 3 fully saturated rings. The van der Waals surface area contributed by atoms with Gasteiger partial charge in [-0.2, -0.15) is 0 Å². The average Bonchev–Trinajstić information content (AvgIpc) is 3.25. The first kappa shape index (κ1) is 24.6. The second kappa shape index (κ2) is 9.55. The van der Waals surface area contributed by atoms with Crippen LogP contribution in [0.5, 0.6) is 0 Å². The predicted molar refractivity (Wildman–Crippen MR) is 133 cm³/mol. The Hall–Kier alpha value is -1.71. The van der Waals surface area contributed by atoms with E-state index in [0.29, 0.717) is 16.7 Å². The number of halogens is 3. The van der Waals surface area contributed by atoms with Crippen molar-refractivity contribution < 1.29 is 28.4 Å². The van der Waals surface area contributed by atoms with Gasteiger partial charge in [-0.15, -0.1) is 0 Å². The van der Waals surface area contributed by atoms with Crippen molar-refractivity contribution in [2.45, 2.75) is 40.2 Å². The van der Waals surface area contributed by atoms with Gasteiger partial charge in [-0.05, 0) is 0 Å². The Morgan fingerprint density at radius 1 is 0.472 bits per heavy atom. The minimum atomic E-state index is -1.64. The van der Waals surface area contributed by atoms with Gasteiger partial charge in [0.2, 0.25) is 0 Å². The van der Waals surface area contributed by atoms with Crippen LogP contribution in [0.1, 0.15) is 16.7 Å². The van der Waals surface area contributed by atoms with Crippen LogP contribution in [0.3, 0.4) is 0 Å². The number of hydrogen-bond donors (Lipinski definition) is 0. The first-order valence-electron chi connectivity index (χ1n) is 11.6. The molecule has 0 amide bonds. The van der Waals surface area contributed by atoms with Gasteiger partial charge in [-0.1, -0.05) is 126 Å². The van der Waals surface area contributed by atoms with E-state index < -0.39 is 40.2 Å². The molecule has 3 unspecified atom stereocenters. The molecule has 3 aliphatic heterocycles. The van der Waals surface area contributed by atoms with E-state index in [9.17, 15) is 0 Å². The maximum atomic E-state index is 6.99. The van der Waals surface area contributed by atoms with Crippen LogP contribution in [-0.2, 0) is 44.2 Å². The van der Waals surface area contributed by atoms with Crippen molar-refractivity contribution in [2.75, 3.05) is 13.2 Å². The molecule has 3 aliphatic rings. The lowest BCUT2D eigenvalue weighted by atomic mass is 10.0. The summed E-state index contributed by atoms with van der Waals surface area (Å²) in [5.41, 5.74) is 1.89. The smallest absolute Gasteiger partial charge is 0.277 e. The van der Waals surface area contributed by atoms with Crippen LogP contribution < -0.4 is 0 Å². The average molecular weight is 550 g/mol. The van der Waals surface area contributed by atoms with Crippen LogP contribution in [0.15, 0.2) is 91.0 Å². The second-order valence-electron chi connectivity index (χ2n) is 8.81. The summed E-state index contributed by atoms with van der Waals surface area (Å²) in [6.45, 7) is -0.0792. The summed E-state index contributed by atoms with van der Waals surface area (Å²) in [4.78, 5) is 0. The van der Waals surface area contributed by atoms with Crippen molar-refractivity contribution in [1.82, 2.24) is 0 Å². The number of alkyl halides is 3. The Labute approximate surface area is 223 Å². The molecule has 0 aliphatic carbocycles. The van der Waals surface area contributed by atoms with Crippen molar-refractivity contribution in [1.29, 1.82) is 0 Å². The molecule has 6 rings (SSSR count). The topological polar surface area (TPSA) is 55.4 Å². The molecule has 0 N–H and O–H groups in total. The summed E-state index contributed by atoms with van der Waals surface area (Å²) in [7, 11) is 0. The van der Waals surface area contributed by atoms with Gasteiger partial charge in [0.05, 0.1) is 13.2 Å². The summed E-state index contributed by atoms with van der Waals surface area (Å²) in [6.07, 6.45) is -2.94. The molecule has 7 atom stereocenters. The van der Waals surface area contributed by atoms with E-state index in [0.717, 1.165) is 0 Å². The number of rotatable bonds is 3. The minimum absolute atomic E-state index is 0.0396.